The van der Waals surface area contributed by atoms with E-state index in [0.29, 0.717) is 12.2 Å². The van der Waals surface area contributed by atoms with Gasteiger partial charge in [-0.05, 0) is 25.1 Å². The van der Waals surface area contributed by atoms with Crippen LogP contribution >= 0.6 is 11.6 Å². The first kappa shape index (κ1) is 12.8. The second kappa shape index (κ2) is 4.94. The van der Waals surface area contributed by atoms with E-state index in [0.717, 1.165) is 0 Å². The summed E-state index contributed by atoms with van der Waals surface area (Å²) in [6.45, 7) is 2.09. The molecule has 4 nitrogen and oxygen atoms in total. The summed E-state index contributed by atoms with van der Waals surface area (Å²) < 4.78 is 13.2. The quantitative estimate of drug-likeness (QED) is 0.855. The second-order valence-electron chi connectivity index (χ2n) is 4.01. The average molecular weight is 271 g/mol. The van der Waals surface area contributed by atoms with E-state index < -0.39 is 11.9 Å². The van der Waals surface area contributed by atoms with Gasteiger partial charge in [-0.25, -0.2) is 4.39 Å². The number of nitrogens with one attached hydrogen (secondary N) is 1. The van der Waals surface area contributed by atoms with Crippen LogP contribution in [-0.2, 0) is 9.59 Å². The molecule has 1 saturated heterocycles. The van der Waals surface area contributed by atoms with E-state index in [4.69, 9.17) is 11.6 Å². The number of imide groups is 1. The van der Waals surface area contributed by atoms with Gasteiger partial charge in [0.2, 0.25) is 5.91 Å². The molecule has 0 aliphatic carbocycles. The Bertz CT molecular complexity index is 507. The lowest BCUT2D eigenvalue weighted by Gasteiger charge is -2.14. The highest BCUT2D eigenvalue weighted by Crippen LogP contribution is 2.22. The third-order valence-electron chi connectivity index (χ3n) is 2.82. The van der Waals surface area contributed by atoms with Gasteiger partial charge in [0.25, 0.3) is 5.91 Å². The van der Waals surface area contributed by atoms with Crippen LogP contribution in [0.1, 0.15) is 13.3 Å². The number of rotatable bonds is 3. The first-order valence-corrected chi connectivity index (χ1v) is 5.96. The fraction of sp³-hybridized carbons (Fsp3) is 0.333. The highest BCUT2D eigenvalue weighted by Gasteiger charge is 2.37. The molecule has 0 saturated carbocycles. The van der Waals surface area contributed by atoms with Crippen LogP contribution in [0.4, 0.5) is 10.1 Å². The third kappa shape index (κ3) is 2.31. The van der Waals surface area contributed by atoms with Crippen LogP contribution in [0.2, 0.25) is 5.02 Å². The molecule has 0 bridgehead atoms. The van der Waals surface area contributed by atoms with Crippen LogP contribution in [0.15, 0.2) is 18.2 Å². The van der Waals surface area contributed by atoms with Gasteiger partial charge in [0.15, 0.2) is 0 Å². The Labute approximate surface area is 109 Å². The molecule has 1 fully saturated rings. The zero-order valence-corrected chi connectivity index (χ0v) is 10.5. The van der Waals surface area contributed by atoms with Crippen molar-refractivity contribution in [3.63, 3.8) is 0 Å². The third-order valence-corrected chi connectivity index (χ3v) is 3.13. The molecule has 0 radical (unpaired) electrons. The van der Waals surface area contributed by atoms with E-state index in [1.165, 1.54) is 17.0 Å². The van der Waals surface area contributed by atoms with Gasteiger partial charge in [0, 0.05) is 12.2 Å². The van der Waals surface area contributed by atoms with Crippen molar-refractivity contribution in [3.8, 4) is 0 Å². The number of benzene rings is 1. The first-order chi connectivity index (χ1) is 8.52. The normalized spacial score (nSPS) is 19.5. The van der Waals surface area contributed by atoms with Crippen LogP contribution in [0.3, 0.4) is 0 Å². The van der Waals surface area contributed by atoms with Gasteiger partial charge in [-0.15, -0.1) is 0 Å². The van der Waals surface area contributed by atoms with Crippen molar-refractivity contribution in [1.29, 1.82) is 0 Å². The lowest BCUT2D eigenvalue weighted by atomic mass is 10.2. The van der Waals surface area contributed by atoms with E-state index in [2.05, 4.69) is 5.32 Å². The maximum atomic E-state index is 13.2. The maximum absolute atomic E-state index is 13.2. The Balaban J connectivity index is 2.13. The number of likely N-dealkylation sites (tertiary alicyclic amines) is 1. The van der Waals surface area contributed by atoms with Gasteiger partial charge in [-0.1, -0.05) is 11.6 Å². The lowest BCUT2D eigenvalue weighted by Crippen LogP contribution is -2.34. The topological polar surface area (TPSA) is 49.4 Å². The highest BCUT2D eigenvalue weighted by atomic mass is 35.5. The molecule has 2 rings (SSSR count). The van der Waals surface area contributed by atoms with Crippen molar-refractivity contribution in [3.05, 3.63) is 29.0 Å². The summed E-state index contributed by atoms with van der Waals surface area (Å²) in [6, 6.07) is 3.54. The average Bonchev–Trinajstić information content (AvgIpc) is 2.59. The molecule has 6 heteroatoms. The predicted molar refractivity (Wildman–Crippen MR) is 65.8 cm³/mol. The molecule has 1 N–H and O–H groups in total. The molecule has 1 aromatic rings. The first-order valence-electron chi connectivity index (χ1n) is 5.58. The Hall–Kier alpha value is -1.62. The van der Waals surface area contributed by atoms with Crippen molar-refractivity contribution in [2.24, 2.45) is 0 Å². The highest BCUT2D eigenvalue weighted by molar-refractivity contribution is 6.30. The molecule has 2 amide bonds. The minimum absolute atomic E-state index is 0.0181. The summed E-state index contributed by atoms with van der Waals surface area (Å²) in [5, 5.41) is 2.86. The Morgan fingerprint density at radius 2 is 2.22 bits per heavy atom. The van der Waals surface area contributed by atoms with Crippen LogP contribution in [0.25, 0.3) is 0 Å². The fourth-order valence-corrected chi connectivity index (χ4v) is 2.03. The number of amides is 2. The second-order valence-corrected chi connectivity index (χ2v) is 4.41. The van der Waals surface area contributed by atoms with Gasteiger partial charge in [-0.2, -0.15) is 0 Å². The molecule has 1 unspecified atom stereocenters. The summed E-state index contributed by atoms with van der Waals surface area (Å²) in [7, 11) is 0. The molecular weight excluding hydrogens is 259 g/mol. The van der Waals surface area contributed by atoms with E-state index in [9.17, 15) is 14.0 Å². The summed E-state index contributed by atoms with van der Waals surface area (Å²) in [6.07, 6.45) is 0.0942. The standard InChI is InChI=1S/C12H12ClFN2O2/c1-2-16-11(17)6-10(12(16)18)15-7-3-4-8(13)9(14)5-7/h3-5,10,15H,2,6H2,1H3. The molecule has 96 valence electrons. The molecular formula is C12H12ClFN2O2. The van der Waals surface area contributed by atoms with Crippen molar-refractivity contribution in [1.82, 2.24) is 4.90 Å². The predicted octanol–water partition coefficient (Wildman–Crippen LogP) is 2.04. The molecule has 1 aliphatic heterocycles. The Morgan fingerprint density at radius 3 is 2.78 bits per heavy atom. The van der Waals surface area contributed by atoms with Gasteiger partial charge in [-0.3, -0.25) is 14.5 Å². The number of anilines is 1. The Morgan fingerprint density at radius 1 is 1.50 bits per heavy atom. The zero-order chi connectivity index (χ0) is 13.3. The van der Waals surface area contributed by atoms with Crippen molar-refractivity contribution in [2.45, 2.75) is 19.4 Å². The van der Waals surface area contributed by atoms with Gasteiger partial charge in [0.1, 0.15) is 11.9 Å². The van der Waals surface area contributed by atoms with Crippen LogP contribution in [0, 0.1) is 5.82 Å². The number of hydrogen-bond donors (Lipinski definition) is 1. The molecule has 1 aromatic carbocycles. The minimum atomic E-state index is -0.627. The summed E-state index contributed by atoms with van der Waals surface area (Å²) in [4.78, 5) is 24.5. The van der Waals surface area contributed by atoms with Crippen molar-refractivity contribution >= 4 is 29.1 Å². The molecule has 0 spiro atoms. The van der Waals surface area contributed by atoms with E-state index in [1.54, 1.807) is 13.0 Å². The number of hydrogen-bond acceptors (Lipinski definition) is 3. The zero-order valence-electron chi connectivity index (χ0n) is 9.74. The van der Waals surface area contributed by atoms with Crippen molar-refractivity contribution in [2.75, 3.05) is 11.9 Å². The molecule has 1 aliphatic rings. The van der Waals surface area contributed by atoms with E-state index >= 15 is 0 Å². The Kier molecular flexibility index (Phi) is 3.52. The summed E-state index contributed by atoms with van der Waals surface area (Å²) in [5.41, 5.74) is 0.431. The van der Waals surface area contributed by atoms with Crippen LogP contribution in [0.5, 0.6) is 0 Å². The van der Waals surface area contributed by atoms with Gasteiger partial charge in [0.05, 0.1) is 11.4 Å². The molecule has 0 aromatic heterocycles. The van der Waals surface area contributed by atoms with Gasteiger partial charge < -0.3 is 5.32 Å². The largest absolute Gasteiger partial charge is 0.373 e. The van der Waals surface area contributed by atoms with E-state index in [-0.39, 0.29) is 23.3 Å². The summed E-state index contributed by atoms with van der Waals surface area (Å²) in [5.74, 6) is -1.06. The SMILES string of the molecule is CCN1C(=O)CC(Nc2ccc(Cl)c(F)c2)C1=O. The fourth-order valence-electron chi connectivity index (χ4n) is 1.92. The lowest BCUT2D eigenvalue weighted by molar-refractivity contribution is -0.138. The maximum Gasteiger partial charge on any atom is 0.252 e. The van der Waals surface area contributed by atoms with Crippen LogP contribution < -0.4 is 5.32 Å². The number of carbonyl (C=O) groups is 2. The van der Waals surface area contributed by atoms with Crippen molar-refractivity contribution < 1.29 is 14.0 Å². The van der Waals surface area contributed by atoms with Crippen LogP contribution in [-0.4, -0.2) is 29.3 Å². The molecule has 1 atom stereocenters. The minimum Gasteiger partial charge on any atom is -0.373 e. The number of halogens is 2. The monoisotopic (exact) mass is 270 g/mol. The smallest absolute Gasteiger partial charge is 0.252 e. The summed E-state index contributed by atoms with van der Waals surface area (Å²) >= 11 is 5.56. The van der Waals surface area contributed by atoms with Gasteiger partial charge >= 0.3 is 0 Å². The number of nitrogens with zero attached hydrogens (tertiary/aromatic N) is 1. The molecule has 18 heavy (non-hydrogen) atoms. The van der Waals surface area contributed by atoms with E-state index in [1.807, 2.05) is 0 Å². The molecule has 1 heterocycles. The number of carbonyl (C=O) groups excluding carboxylic acids is 2. The number of likely N-dealkylation sites (N-methyl/N-ethyl adjacent to an activating group) is 1.